The Morgan fingerprint density at radius 2 is 0.900 bits per heavy atom. The third kappa shape index (κ3) is 15.9. The van der Waals surface area contributed by atoms with Crippen molar-refractivity contribution in [2.24, 2.45) is 0 Å². The van der Waals surface area contributed by atoms with Crippen LogP contribution in [-0.2, 0) is 38.1 Å². The zero-order valence-electron chi connectivity index (χ0n) is 18.5. The summed E-state index contributed by atoms with van der Waals surface area (Å²) in [7, 11) is 0. The lowest BCUT2D eigenvalue weighted by molar-refractivity contribution is -0.147. The number of ether oxygens (including phenoxy) is 4. The van der Waals surface area contributed by atoms with Crippen LogP contribution in [0.2, 0.25) is 0 Å². The third-order valence-corrected chi connectivity index (χ3v) is 3.01. The predicted molar refractivity (Wildman–Crippen MR) is 112 cm³/mol. The fraction of sp³-hybridized carbons (Fsp3) is 0.455. The van der Waals surface area contributed by atoms with Crippen molar-refractivity contribution in [3.63, 3.8) is 0 Å². The van der Waals surface area contributed by atoms with Gasteiger partial charge in [-0.3, -0.25) is 0 Å². The monoisotopic (exact) mass is 424 g/mol. The van der Waals surface area contributed by atoms with Gasteiger partial charge in [-0.05, 0) is 34.6 Å². The van der Waals surface area contributed by atoms with Crippen molar-refractivity contribution in [1.29, 1.82) is 0 Å². The zero-order valence-corrected chi connectivity index (χ0v) is 18.5. The van der Waals surface area contributed by atoms with Gasteiger partial charge in [-0.1, -0.05) is 26.3 Å². The molecular weight excluding hydrogens is 392 g/mol. The van der Waals surface area contributed by atoms with Gasteiger partial charge in [0.1, 0.15) is 19.3 Å². The van der Waals surface area contributed by atoms with Crippen LogP contribution in [0.3, 0.4) is 0 Å². The van der Waals surface area contributed by atoms with Gasteiger partial charge < -0.3 is 18.9 Å². The van der Waals surface area contributed by atoms with Crippen LogP contribution in [0.15, 0.2) is 48.6 Å². The fourth-order valence-corrected chi connectivity index (χ4v) is 1.30. The lowest BCUT2D eigenvalue weighted by Gasteiger charge is -2.13. The topological polar surface area (TPSA) is 105 Å². The Morgan fingerprint density at radius 3 is 1.20 bits per heavy atom. The largest absolute Gasteiger partial charge is 0.462 e. The number of carbonyl (C=O) groups excluding carboxylic acids is 4. The highest BCUT2D eigenvalue weighted by molar-refractivity contribution is 5.88. The van der Waals surface area contributed by atoms with Gasteiger partial charge in [-0.15, -0.1) is 0 Å². The van der Waals surface area contributed by atoms with Crippen molar-refractivity contribution in [3.05, 3.63) is 48.6 Å². The van der Waals surface area contributed by atoms with Crippen molar-refractivity contribution in [2.75, 3.05) is 19.8 Å². The van der Waals surface area contributed by atoms with Crippen LogP contribution in [0.4, 0.5) is 0 Å². The number of hydrogen-bond acceptors (Lipinski definition) is 8. The first-order chi connectivity index (χ1) is 13.8. The second kappa shape index (κ2) is 15.7. The summed E-state index contributed by atoms with van der Waals surface area (Å²) in [6, 6.07) is 0. The maximum atomic E-state index is 11.1. The van der Waals surface area contributed by atoms with Gasteiger partial charge >= 0.3 is 23.9 Å². The maximum Gasteiger partial charge on any atom is 0.333 e. The second-order valence-corrected chi connectivity index (χ2v) is 6.53. The van der Waals surface area contributed by atoms with Crippen LogP contribution >= 0.6 is 0 Å². The lowest BCUT2D eigenvalue weighted by Crippen LogP contribution is -2.18. The summed E-state index contributed by atoms with van der Waals surface area (Å²) in [6.07, 6.45) is 0.153. The van der Waals surface area contributed by atoms with Crippen LogP contribution in [0.1, 0.15) is 41.0 Å². The molecule has 0 heterocycles. The molecule has 0 N–H and O–H groups in total. The molecule has 0 aromatic carbocycles. The predicted octanol–water partition coefficient (Wildman–Crippen LogP) is 3.23. The van der Waals surface area contributed by atoms with E-state index in [0.717, 1.165) is 0 Å². The first-order valence-corrected chi connectivity index (χ1v) is 9.13. The van der Waals surface area contributed by atoms with E-state index in [9.17, 15) is 19.2 Å². The van der Waals surface area contributed by atoms with Crippen LogP contribution < -0.4 is 0 Å². The molecule has 1 atom stereocenters. The van der Waals surface area contributed by atoms with Gasteiger partial charge in [0, 0.05) is 28.7 Å². The van der Waals surface area contributed by atoms with E-state index in [0.29, 0.717) is 28.7 Å². The maximum absolute atomic E-state index is 11.1. The normalized spacial score (nSPS) is 10.3. The highest BCUT2D eigenvalue weighted by atomic mass is 16.6. The Hall–Kier alpha value is -3.16. The average molecular weight is 424 g/mol. The van der Waals surface area contributed by atoms with Gasteiger partial charge in [0.05, 0.1) is 6.61 Å². The summed E-state index contributed by atoms with van der Waals surface area (Å²) < 4.78 is 19.2. The minimum absolute atomic E-state index is 0.0325. The molecule has 0 fully saturated rings. The van der Waals surface area contributed by atoms with Gasteiger partial charge in [0.2, 0.25) is 0 Å². The van der Waals surface area contributed by atoms with Crippen molar-refractivity contribution >= 4 is 23.9 Å². The highest BCUT2D eigenvalue weighted by Crippen LogP contribution is 2.03. The van der Waals surface area contributed by atoms with E-state index in [1.165, 1.54) is 0 Å². The van der Waals surface area contributed by atoms with Gasteiger partial charge in [-0.2, -0.15) is 0 Å². The molecule has 0 saturated heterocycles. The smallest absolute Gasteiger partial charge is 0.333 e. The van der Waals surface area contributed by atoms with Crippen LogP contribution in [0.25, 0.3) is 0 Å². The average Bonchev–Trinajstić information content (AvgIpc) is 2.64. The first kappa shape index (κ1) is 29.0. The summed E-state index contributed by atoms with van der Waals surface area (Å²) in [5.41, 5.74) is 1.34. The minimum atomic E-state index is -0.489. The van der Waals surface area contributed by atoms with Crippen molar-refractivity contribution in [3.8, 4) is 0 Å². The molecule has 0 amide bonds. The Morgan fingerprint density at radius 1 is 0.600 bits per heavy atom. The van der Waals surface area contributed by atoms with Crippen molar-refractivity contribution in [1.82, 2.24) is 0 Å². The van der Waals surface area contributed by atoms with E-state index < -0.39 is 23.9 Å². The van der Waals surface area contributed by atoms with Gasteiger partial charge in [-0.25, -0.2) is 19.2 Å². The van der Waals surface area contributed by atoms with E-state index in [2.05, 4.69) is 35.8 Å². The molecule has 0 aromatic heterocycles. The van der Waals surface area contributed by atoms with E-state index >= 15 is 0 Å². The number of esters is 4. The lowest BCUT2D eigenvalue weighted by atomic mass is 10.3. The van der Waals surface area contributed by atoms with Crippen LogP contribution in [-0.4, -0.2) is 49.8 Å². The molecule has 0 aliphatic carbocycles. The molecule has 0 saturated carbocycles. The second-order valence-electron chi connectivity index (χ2n) is 6.53. The summed E-state index contributed by atoms with van der Waals surface area (Å²) >= 11 is 0. The summed E-state index contributed by atoms with van der Waals surface area (Å²) in [5, 5.41) is 0. The zero-order chi connectivity index (χ0) is 23.9. The van der Waals surface area contributed by atoms with Crippen LogP contribution in [0.5, 0.6) is 0 Å². The van der Waals surface area contributed by atoms with E-state index in [4.69, 9.17) is 9.47 Å². The fourth-order valence-electron chi connectivity index (χ4n) is 1.30. The standard InChI is InChI=1S/C12H18O4.C10H14O4/c1-8(2)11(13)15-7-6-10(5)16-12(14)9(3)4;1-7(2)9(11)13-5-6-14-10(12)8(3)4/h10H,1,3,6-7H2,2,4-5H3;1,3,5-6H2,2,4H3. The molecule has 8 heteroatoms. The molecule has 0 aliphatic heterocycles. The Labute approximate surface area is 178 Å². The third-order valence-electron chi connectivity index (χ3n) is 3.01. The molecule has 168 valence electrons. The highest BCUT2D eigenvalue weighted by Gasteiger charge is 2.11. The molecule has 0 aliphatic rings. The Kier molecular flexibility index (Phi) is 15.2. The summed E-state index contributed by atoms with van der Waals surface area (Å²) in [5.74, 6) is -1.84. The van der Waals surface area contributed by atoms with Crippen LogP contribution in [0, 0.1) is 0 Å². The number of hydrogen-bond donors (Lipinski definition) is 0. The molecular formula is C22H32O8. The van der Waals surface area contributed by atoms with Gasteiger partial charge in [0.25, 0.3) is 0 Å². The van der Waals surface area contributed by atoms with Crippen molar-refractivity contribution in [2.45, 2.75) is 47.1 Å². The number of carbonyl (C=O) groups is 4. The molecule has 1 unspecified atom stereocenters. The molecule has 0 rings (SSSR count). The Balaban J connectivity index is 0. The summed E-state index contributed by atoms with van der Waals surface area (Å²) in [4.78, 5) is 43.8. The first-order valence-electron chi connectivity index (χ1n) is 9.13. The number of rotatable bonds is 11. The van der Waals surface area contributed by atoms with Gasteiger partial charge in [0.15, 0.2) is 0 Å². The van der Waals surface area contributed by atoms with E-state index in [-0.39, 0.29) is 25.9 Å². The molecule has 0 aromatic rings. The van der Waals surface area contributed by atoms with E-state index in [1.807, 2.05) is 0 Å². The minimum Gasteiger partial charge on any atom is -0.462 e. The molecule has 0 radical (unpaired) electrons. The molecule has 0 bridgehead atoms. The molecule has 30 heavy (non-hydrogen) atoms. The Bertz CT molecular complexity index is 659. The summed E-state index contributed by atoms with van der Waals surface area (Å²) in [6.45, 7) is 22.0. The molecule has 8 nitrogen and oxygen atoms in total. The molecule has 0 spiro atoms. The van der Waals surface area contributed by atoms with Crippen molar-refractivity contribution < 1.29 is 38.1 Å². The van der Waals surface area contributed by atoms with E-state index in [1.54, 1.807) is 34.6 Å². The quantitative estimate of drug-likeness (QED) is 0.215. The SMILES string of the molecule is C=C(C)C(=O)OCCC(C)OC(=O)C(=C)C.C=C(C)C(=O)OCCOC(=O)C(=C)C.